The first kappa shape index (κ1) is 18.6. The number of anilines is 2. The largest absolute Gasteiger partial charge is 0.493 e. The van der Waals surface area contributed by atoms with Gasteiger partial charge in [0.05, 0.1) is 13.7 Å². The molecule has 0 spiro atoms. The summed E-state index contributed by atoms with van der Waals surface area (Å²) in [6.45, 7) is 1.36. The van der Waals surface area contributed by atoms with E-state index in [1.54, 1.807) is 6.07 Å². The molecule has 1 amide bonds. The molecule has 2 aromatic rings. The van der Waals surface area contributed by atoms with Gasteiger partial charge in [-0.25, -0.2) is 4.79 Å². The standard InChI is InChI=1S/C19H24N2O4/c1-24-19(23)21-17-9-6-8-16(13-17)20-14-15-7-2-3-10-18(15)25-12-5-4-11-22/h2-3,6-10,13,20,22H,4-5,11-12,14H2,1H3,(H,21,23). The molecular formula is C19H24N2O4. The quantitative estimate of drug-likeness (QED) is 0.605. The zero-order valence-corrected chi connectivity index (χ0v) is 14.3. The first-order valence-corrected chi connectivity index (χ1v) is 8.23. The van der Waals surface area contributed by atoms with E-state index in [1.165, 1.54) is 7.11 Å². The van der Waals surface area contributed by atoms with Gasteiger partial charge in [-0.05, 0) is 37.1 Å². The van der Waals surface area contributed by atoms with Gasteiger partial charge in [0.1, 0.15) is 5.75 Å². The molecule has 0 aliphatic rings. The summed E-state index contributed by atoms with van der Waals surface area (Å²) in [4.78, 5) is 11.3. The minimum atomic E-state index is -0.501. The molecule has 0 aromatic heterocycles. The van der Waals surface area contributed by atoms with Crippen LogP contribution < -0.4 is 15.4 Å². The van der Waals surface area contributed by atoms with E-state index in [-0.39, 0.29) is 6.61 Å². The van der Waals surface area contributed by atoms with Crippen molar-refractivity contribution in [1.29, 1.82) is 0 Å². The van der Waals surface area contributed by atoms with Gasteiger partial charge in [-0.3, -0.25) is 5.32 Å². The molecule has 6 nitrogen and oxygen atoms in total. The van der Waals surface area contributed by atoms with E-state index in [0.717, 1.165) is 29.8 Å². The molecule has 6 heteroatoms. The fourth-order valence-electron chi connectivity index (χ4n) is 2.26. The number of rotatable bonds is 9. The summed E-state index contributed by atoms with van der Waals surface area (Å²) >= 11 is 0. The average molecular weight is 344 g/mol. The van der Waals surface area contributed by atoms with Crippen molar-refractivity contribution < 1.29 is 19.4 Å². The zero-order chi connectivity index (χ0) is 17.9. The molecule has 0 saturated heterocycles. The number of ether oxygens (including phenoxy) is 2. The van der Waals surface area contributed by atoms with Gasteiger partial charge >= 0.3 is 6.09 Å². The molecular weight excluding hydrogens is 320 g/mol. The summed E-state index contributed by atoms with van der Waals surface area (Å²) in [6.07, 6.45) is 1.05. The molecule has 3 N–H and O–H groups in total. The highest BCUT2D eigenvalue weighted by Crippen LogP contribution is 2.21. The van der Waals surface area contributed by atoms with E-state index in [4.69, 9.17) is 9.84 Å². The first-order valence-electron chi connectivity index (χ1n) is 8.23. The monoisotopic (exact) mass is 344 g/mol. The summed E-state index contributed by atoms with van der Waals surface area (Å²) in [6, 6.07) is 15.2. The Bertz CT molecular complexity index is 676. The Morgan fingerprint density at radius 3 is 2.68 bits per heavy atom. The minimum absolute atomic E-state index is 0.183. The van der Waals surface area contributed by atoms with Crippen molar-refractivity contribution >= 4 is 17.5 Å². The third-order valence-corrected chi connectivity index (χ3v) is 3.56. The summed E-state index contributed by atoms with van der Waals surface area (Å²) in [5, 5.41) is 14.8. The van der Waals surface area contributed by atoms with Crippen LogP contribution in [0.4, 0.5) is 16.2 Å². The molecule has 2 aromatic carbocycles. The highest BCUT2D eigenvalue weighted by Gasteiger charge is 2.05. The molecule has 2 rings (SSSR count). The lowest BCUT2D eigenvalue weighted by Gasteiger charge is -2.13. The van der Waals surface area contributed by atoms with Gasteiger partial charge in [0, 0.05) is 30.1 Å². The van der Waals surface area contributed by atoms with Crippen LogP contribution in [-0.4, -0.2) is 31.5 Å². The molecule has 134 valence electrons. The highest BCUT2D eigenvalue weighted by molar-refractivity contribution is 5.85. The maximum absolute atomic E-state index is 11.3. The third-order valence-electron chi connectivity index (χ3n) is 3.56. The fraction of sp³-hybridized carbons (Fsp3) is 0.316. The number of carbonyl (C=O) groups excluding carboxylic acids is 1. The van der Waals surface area contributed by atoms with Crippen molar-refractivity contribution in [1.82, 2.24) is 0 Å². The lowest BCUT2D eigenvalue weighted by atomic mass is 10.2. The lowest BCUT2D eigenvalue weighted by molar-refractivity contribution is 0.187. The van der Waals surface area contributed by atoms with E-state index >= 15 is 0 Å². The Labute approximate surface area is 147 Å². The topological polar surface area (TPSA) is 79.8 Å². The smallest absolute Gasteiger partial charge is 0.411 e. The molecule has 0 unspecified atom stereocenters. The third kappa shape index (κ3) is 6.35. The van der Waals surface area contributed by atoms with E-state index in [9.17, 15) is 4.79 Å². The van der Waals surface area contributed by atoms with Crippen molar-refractivity contribution in [3.63, 3.8) is 0 Å². The SMILES string of the molecule is COC(=O)Nc1cccc(NCc2ccccc2OCCCCO)c1. The fourth-order valence-corrected chi connectivity index (χ4v) is 2.26. The minimum Gasteiger partial charge on any atom is -0.493 e. The predicted octanol–water partition coefficient (Wildman–Crippen LogP) is 3.63. The van der Waals surface area contributed by atoms with Crippen LogP contribution in [0.2, 0.25) is 0 Å². The second-order valence-electron chi connectivity index (χ2n) is 5.44. The summed E-state index contributed by atoms with van der Waals surface area (Å²) in [7, 11) is 1.33. The molecule has 0 heterocycles. The number of methoxy groups -OCH3 is 1. The number of carbonyl (C=O) groups is 1. The summed E-state index contributed by atoms with van der Waals surface area (Å²) in [5.74, 6) is 0.830. The number of hydrogen-bond acceptors (Lipinski definition) is 5. The van der Waals surface area contributed by atoms with Crippen LogP contribution in [0, 0.1) is 0 Å². The second kappa shape index (κ2) is 10.2. The Morgan fingerprint density at radius 2 is 1.88 bits per heavy atom. The van der Waals surface area contributed by atoms with Crippen molar-refractivity contribution in [3.05, 3.63) is 54.1 Å². The number of amides is 1. The molecule has 0 bridgehead atoms. The van der Waals surface area contributed by atoms with E-state index < -0.39 is 6.09 Å². The molecule has 0 fully saturated rings. The van der Waals surface area contributed by atoms with Gasteiger partial charge in [0.2, 0.25) is 0 Å². The number of aliphatic hydroxyl groups is 1. The number of para-hydroxylation sites is 1. The average Bonchev–Trinajstić information content (AvgIpc) is 2.64. The van der Waals surface area contributed by atoms with Crippen LogP contribution in [0.5, 0.6) is 5.75 Å². The van der Waals surface area contributed by atoms with Gasteiger partial charge in [0.15, 0.2) is 0 Å². The van der Waals surface area contributed by atoms with E-state index in [2.05, 4.69) is 15.4 Å². The van der Waals surface area contributed by atoms with Crippen LogP contribution in [-0.2, 0) is 11.3 Å². The Balaban J connectivity index is 1.94. The van der Waals surface area contributed by atoms with Crippen molar-refractivity contribution in [2.24, 2.45) is 0 Å². The van der Waals surface area contributed by atoms with Crippen molar-refractivity contribution in [2.45, 2.75) is 19.4 Å². The Morgan fingerprint density at radius 1 is 1.08 bits per heavy atom. The number of unbranched alkanes of at least 4 members (excludes halogenated alkanes) is 1. The molecule has 0 saturated carbocycles. The van der Waals surface area contributed by atoms with Crippen LogP contribution >= 0.6 is 0 Å². The molecule has 0 atom stereocenters. The normalized spacial score (nSPS) is 10.2. The van der Waals surface area contributed by atoms with Gasteiger partial charge in [-0.1, -0.05) is 24.3 Å². The molecule has 0 aliphatic carbocycles. The Kier molecular flexibility index (Phi) is 7.59. The van der Waals surface area contributed by atoms with E-state index in [0.29, 0.717) is 18.8 Å². The number of nitrogens with one attached hydrogen (secondary N) is 2. The number of hydrogen-bond donors (Lipinski definition) is 3. The van der Waals surface area contributed by atoms with Gasteiger partial charge in [-0.2, -0.15) is 0 Å². The molecule has 0 radical (unpaired) electrons. The van der Waals surface area contributed by atoms with Gasteiger partial charge in [0.25, 0.3) is 0 Å². The first-order chi connectivity index (χ1) is 12.2. The maximum atomic E-state index is 11.3. The van der Waals surface area contributed by atoms with Gasteiger partial charge in [-0.15, -0.1) is 0 Å². The lowest BCUT2D eigenvalue weighted by Crippen LogP contribution is -2.11. The van der Waals surface area contributed by atoms with Crippen molar-refractivity contribution in [3.8, 4) is 5.75 Å². The van der Waals surface area contributed by atoms with Crippen LogP contribution in [0.15, 0.2) is 48.5 Å². The molecule has 25 heavy (non-hydrogen) atoms. The molecule has 0 aliphatic heterocycles. The maximum Gasteiger partial charge on any atom is 0.411 e. The van der Waals surface area contributed by atoms with E-state index in [1.807, 2.05) is 42.5 Å². The highest BCUT2D eigenvalue weighted by atomic mass is 16.5. The van der Waals surface area contributed by atoms with Crippen LogP contribution in [0.3, 0.4) is 0 Å². The van der Waals surface area contributed by atoms with Crippen LogP contribution in [0.25, 0.3) is 0 Å². The van der Waals surface area contributed by atoms with Gasteiger partial charge < -0.3 is 19.9 Å². The zero-order valence-electron chi connectivity index (χ0n) is 14.3. The van der Waals surface area contributed by atoms with Crippen LogP contribution in [0.1, 0.15) is 18.4 Å². The summed E-state index contributed by atoms with van der Waals surface area (Å²) < 4.78 is 10.4. The second-order valence-corrected chi connectivity index (χ2v) is 5.44. The predicted molar refractivity (Wildman–Crippen MR) is 98.1 cm³/mol. The van der Waals surface area contributed by atoms with Crippen molar-refractivity contribution in [2.75, 3.05) is 31.0 Å². The number of benzene rings is 2. The summed E-state index contributed by atoms with van der Waals surface area (Å²) in [5.41, 5.74) is 2.58. The number of aliphatic hydroxyl groups excluding tert-OH is 1. The Hall–Kier alpha value is -2.73.